The van der Waals surface area contributed by atoms with Crippen LogP contribution in [0.2, 0.25) is 5.02 Å². The van der Waals surface area contributed by atoms with E-state index in [2.05, 4.69) is 9.88 Å². The number of nitrogens with one attached hydrogen (secondary N) is 1. The van der Waals surface area contributed by atoms with Crippen molar-refractivity contribution in [2.75, 3.05) is 11.9 Å². The second-order valence-electron chi connectivity index (χ2n) is 6.71. The maximum Gasteiger partial charge on any atom is 0.266 e. The number of benzene rings is 1. The van der Waals surface area contributed by atoms with E-state index in [0.717, 1.165) is 42.9 Å². The minimum Gasteiger partial charge on any atom is -0.376 e. The van der Waals surface area contributed by atoms with Gasteiger partial charge in [0.05, 0.1) is 6.10 Å². The molecule has 1 aliphatic heterocycles. The standard InChI is InChI=1S/C21H22ClN3O2/c1-14-9-16(15(2)25(14)13-20-7-4-8-27-20)10-17(12-23)21(26)24-19-6-3-5-18(22)11-19/h3,5-6,9-11,20H,4,7-8,13H2,1-2H3,(H,24,26)/b17-10+/t20-/m1/s1. The summed E-state index contributed by atoms with van der Waals surface area (Å²) in [5.74, 6) is -0.455. The number of aromatic nitrogens is 1. The van der Waals surface area contributed by atoms with Crippen molar-refractivity contribution in [3.05, 3.63) is 57.9 Å². The highest BCUT2D eigenvalue weighted by atomic mass is 35.5. The fourth-order valence-corrected chi connectivity index (χ4v) is 3.51. The molecule has 0 spiro atoms. The molecule has 27 heavy (non-hydrogen) atoms. The number of amides is 1. The number of nitriles is 1. The number of nitrogens with zero attached hydrogens (tertiary/aromatic N) is 2. The minimum absolute atomic E-state index is 0.0485. The number of carbonyl (C=O) groups excluding carboxylic acids is 1. The molecule has 1 aromatic carbocycles. The van der Waals surface area contributed by atoms with Crippen molar-refractivity contribution in [1.29, 1.82) is 5.26 Å². The zero-order chi connectivity index (χ0) is 19.4. The van der Waals surface area contributed by atoms with Gasteiger partial charge in [-0.3, -0.25) is 4.79 Å². The first-order valence-electron chi connectivity index (χ1n) is 8.95. The van der Waals surface area contributed by atoms with Crippen molar-refractivity contribution in [3.63, 3.8) is 0 Å². The molecule has 6 heteroatoms. The molecule has 5 nitrogen and oxygen atoms in total. The zero-order valence-corrected chi connectivity index (χ0v) is 16.2. The zero-order valence-electron chi connectivity index (χ0n) is 15.5. The Hall–Kier alpha value is -2.55. The topological polar surface area (TPSA) is 67.0 Å². The Balaban J connectivity index is 1.80. The summed E-state index contributed by atoms with van der Waals surface area (Å²) >= 11 is 5.94. The molecule has 0 radical (unpaired) electrons. The van der Waals surface area contributed by atoms with Crippen LogP contribution in [0.25, 0.3) is 6.08 Å². The molecule has 0 bridgehead atoms. The highest BCUT2D eigenvalue weighted by Crippen LogP contribution is 2.22. The van der Waals surface area contributed by atoms with Gasteiger partial charge in [0.2, 0.25) is 0 Å². The Labute approximate surface area is 164 Å². The lowest BCUT2D eigenvalue weighted by atomic mass is 10.1. The van der Waals surface area contributed by atoms with Gasteiger partial charge in [0.25, 0.3) is 5.91 Å². The average molecular weight is 384 g/mol. The van der Waals surface area contributed by atoms with Gasteiger partial charge in [-0.25, -0.2) is 0 Å². The van der Waals surface area contributed by atoms with Crippen molar-refractivity contribution in [3.8, 4) is 6.07 Å². The van der Waals surface area contributed by atoms with Crippen LogP contribution in [0.4, 0.5) is 5.69 Å². The van der Waals surface area contributed by atoms with Gasteiger partial charge in [-0.15, -0.1) is 0 Å². The van der Waals surface area contributed by atoms with Crippen LogP contribution in [0.1, 0.15) is 29.8 Å². The highest BCUT2D eigenvalue weighted by molar-refractivity contribution is 6.31. The van der Waals surface area contributed by atoms with Crippen LogP contribution >= 0.6 is 11.6 Å². The Kier molecular flexibility index (Phi) is 6.00. The van der Waals surface area contributed by atoms with E-state index < -0.39 is 5.91 Å². The maximum absolute atomic E-state index is 12.5. The molecular formula is C21H22ClN3O2. The van der Waals surface area contributed by atoms with E-state index in [1.165, 1.54) is 0 Å². The molecular weight excluding hydrogens is 362 g/mol. The molecule has 1 aliphatic rings. The van der Waals surface area contributed by atoms with Crippen molar-refractivity contribution in [1.82, 2.24) is 4.57 Å². The highest BCUT2D eigenvalue weighted by Gasteiger charge is 2.19. The van der Waals surface area contributed by atoms with Crippen LogP contribution in [0.15, 0.2) is 35.9 Å². The molecule has 2 aromatic rings. The number of rotatable bonds is 5. The summed E-state index contributed by atoms with van der Waals surface area (Å²) in [6.45, 7) is 5.64. The summed E-state index contributed by atoms with van der Waals surface area (Å²) in [5.41, 5.74) is 3.57. The lowest BCUT2D eigenvalue weighted by molar-refractivity contribution is -0.112. The van der Waals surface area contributed by atoms with E-state index in [9.17, 15) is 10.1 Å². The fraction of sp³-hybridized carbons (Fsp3) is 0.333. The van der Waals surface area contributed by atoms with E-state index in [-0.39, 0.29) is 11.7 Å². The molecule has 1 aromatic heterocycles. The van der Waals surface area contributed by atoms with Crippen LogP contribution in [-0.4, -0.2) is 23.2 Å². The van der Waals surface area contributed by atoms with Crippen molar-refractivity contribution in [2.24, 2.45) is 0 Å². The molecule has 1 atom stereocenters. The number of aryl methyl sites for hydroxylation is 1. The lowest BCUT2D eigenvalue weighted by Crippen LogP contribution is -2.17. The number of carbonyl (C=O) groups is 1. The Bertz CT molecular complexity index is 918. The van der Waals surface area contributed by atoms with E-state index >= 15 is 0 Å². The van der Waals surface area contributed by atoms with Crippen LogP contribution in [0.5, 0.6) is 0 Å². The SMILES string of the molecule is Cc1cc(/C=C(\C#N)C(=O)Nc2cccc(Cl)c2)c(C)n1C[C@H]1CCCO1. The predicted octanol–water partition coefficient (Wildman–Crippen LogP) is 4.48. The maximum atomic E-state index is 12.5. The van der Waals surface area contributed by atoms with Gasteiger partial charge in [-0.1, -0.05) is 17.7 Å². The van der Waals surface area contributed by atoms with E-state index in [0.29, 0.717) is 10.7 Å². The number of halogens is 1. The predicted molar refractivity (Wildman–Crippen MR) is 107 cm³/mol. The third-order valence-electron chi connectivity index (χ3n) is 4.77. The molecule has 2 heterocycles. The first-order chi connectivity index (χ1) is 13.0. The van der Waals surface area contributed by atoms with E-state index in [1.807, 2.05) is 26.0 Å². The Morgan fingerprint density at radius 1 is 1.44 bits per heavy atom. The first kappa shape index (κ1) is 19.2. The first-order valence-corrected chi connectivity index (χ1v) is 9.33. The monoisotopic (exact) mass is 383 g/mol. The summed E-state index contributed by atoms with van der Waals surface area (Å²) in [6.07, 6.45) is 4.02. The van der Waals surface area contributed by atoms with Gasteiger partial charge in [-0.05, 0) is 62.6 Å². The smallest absolute Gasteiger partial charge is 0.266 e. The molecule has 0 aliphatic carbocycles. The lowest BCUT2D eigenvalue weighted by Gasteiger charge is -2.14. The molecule has 1 fully saturated rings. The van der Waals surface area contributed by atoms with Crippen LogP contribution < -0.4 is 5.32 Å². The number of ether oxygens (including phenoxy) is 1. The van der Waals surface area contributed by atoms with Crippen LogP contribution in [0, 0.1) is 25.2 Å². The molecule has 1 saturated heterocycles. The van der Waals surface area contributed by atoms with Crippen LogP contribution in [0.3, 0.4) is 0 Å². The van der Waals surface area contributed by atoms with Gasteiger partial charge in [0.15, 0.2) is 0 Å². The number of hydrogen-bond donors (Lipinski definition) is 1. The molecule has 0 saturated carbocycles. The molecule has 1 N–H and O–H groups in total. The molecule has 0 unspecified atom stereocenters. The summed E-state index contributed by atoms with van der Waals surface area (Å²) < 4.78 is 7.92. The van der Waals surface area contributed by atoms with Gasteiger partial charge in [0.1, 0.15) is 11.6 Å². The van der Waals surface area contributed by atoms with Crippen LogP contribution in [-0.2, 0) is 16.1 Å². The quantitative estimate of drug-likeness (QED) is 0.611. The largest absolute Gasteiger partial charge is 0.376 e. The van der Waals surface area contributed by atoms with Gasteiger partial charge >= 0.3 is 0 Å². The Morgan fingerprint density at radius 2 is 2.26 bits per heavy atom. The summed E-state index contributed by atoms with van der Waals surface area (Å²) in [4.78, 5) is 12.5. The average Bonchev–Trinajstić information content (AvgIpc) is 3.23. The molecule has 3 rings (SSSR count). The van der Waals surface area contributed by atoms with Crippen molar-refractivity contribution < 1.29 is 9.53 Å². The number of anilines is 1. The third-order valence-corrected chi connectivity index (χ3v) is 5.01. The molecule has 1 amide bonds. The van der Waals surface area contributed by atoms with Crippen molar-refractivity contribution >= 4 is 29.3 Å². The summed E-state index contributed by atoms with van der Waals surface area (Å²) in [5, 5.41) is 12.7. The van der Waals surface area contributed by atoms with E-state index in [4.69, 9.17) is 16.3 Å². The number of hydrogen-bond acceptors (Lipinski definition) is 3. The summed E-state index contributed by atoms with van der Waals surface area (Å²) in [7, 11) is 0. The normalized spacial score (nSPS) is 17.0. The summed E-state index contributed by atoms with van der Waals surface area (Å²) in [6, 6.07) is 10.8. The van der Waals surface area contributed by atoms with E-state index in [1.54, 1.807) is 30.3 Å². The Morgan fingerprint density at radius 3 is 2.93 bits per heavy atom. The minimum atomic E-state index is -0.455. The van der Waals surface area contributed by atoms with Crippen molar-refractivity contribution in [2.45, 2.75) is 39.3 Å². The van der Waals surface area contributed by atoms with Gasteiger partial charge in [0, 0.05) is 35.2 Å². The second-order valence-corrected chi connectivity index (χ2v) is 7.14. The molecule has 140 valence electrons. The third kappa shape index (κ3) is 4.60. The second kappa shape index (κ2) is 8.43. The van der Waals surface area contributed by atoms with Gasteiger partial charge < -0.3 is 14.6 Å². The van der Waals surface area contributed by atoms with Gasteiger partial charge in [-0.2, -0.15) is 5.26 Å². The fourth-order valence-electron chi connectivity index (χ4n) is 3.32.